The SMILES string of the molecule is CCCC1(COC(=C(C)C(=O)O)C23CC4CC(CC(OCC5(CCC)COC5)(C4)C2)C3)COC1. The van der Waals surface area contributed by atoms with Crippen LogP contribution in [0.4, 0.5) is 0 Å². The van der Waals surface area contributed by atoms with E-state index in [0.29, 0.717) is 37.2 Å². The first-order chi connectivity index (χ1) is 16.3. The van der Waals surface area contributed by atoms with Crippen LogP contribution in [0.3, 0.4) is 0 Å². The largest absolute Gasteiger partial charge is 0.496 e. The maximum atomic E-state index is 12.2. The molecule has 4 saturated carbocycles. The zero-order valence-corrected chi connectivity index (χ0v) is 21.5. The number of hydrogen-bond donors (Lipinski definition) is 1. The van der Waals surface area contributed by atoms with E-state index in [4.69, 9.17) is 18.9 Å². The molecule has 2 atom stereocenters. The Morgan fingerprint density at radius 2 is 1.47 bits per heavy atom. The van der Waals surface area contributed by atoms with Gasteiger partial charge < -0.3 is 24.1 Å². The van der Waals surface area contributed by atoms with Crippen molar-refractivity contribution in [1.82, 2.24) is 0 Å². The maximum Gasteiger partial charge on any atom is 0.334 e. The van der Waals surface area contributed by atoms with Crippen LogP contribution in [0.2, 0.25) is 0 Å². The molecule has 192 valence electrons. The summed E-state index contributed by atoms with van der Waals surface area (Å²) in [5.41, 5.74) is 0.242. The third-order valence-electron chi connectivity index (χ3n) is 9.55. The average molecular weight is 477 g/mol. The summed E-state index contributed by atoms with van der Waals surface area (Å²) in [4.78, 5) is 12.2. The third kappa shape index (κ3) is 4.32. The monoisotopic (exact) mass is 476 g/mol. The predicted octanol–water partition coefficient (Wildman–Crippen LogP) is 5.35. The molecule has 0 spiro atoms. The van der Waals surface area contributed by atoms with Crippen LogP contribution in [0.25, 0.3) is 0 Å². The van der Waals surface area contributed by atoms with Gasteiger partial charge in [-0.1, -0.05) is 26.7 Å². The maximum absolute atomic E-state index is 12.2. The third-order valence-corrected chi connectivity index (χ3v) is 9.55. The van der Waals surface area contributed by atoms with Gasteiger partial charge in [0.05, 0.1) is 56.2 Å². The van der Waals surface area contributed by atoms with E-state index in [1.807, 2.05) is 0 Å². The normalized spacial score (nSPS) is 37.5. The van der Waals surface area contributed by atoms with Crippen LogP contribution in [0, 0.1) is 28.1 Å². The van der Waals surface area contributed by atoms with Crippen molar-refractivity contribution in [1.29, 1.82) is 0 Å². The van der Waals surface area contributed by atoms with Crippen molar-refractivity contribution >= 4 is 5.97 Å². The fraction of sp³-hybridized carbons (Fsp3) is 0.893. The van der Waals surface area contributed by atoms with E-state index in [9.17, 15) is 9.90 Å². The van der Waals surface area contributed by atoms with Crippen LogP contribution >= 0.6 is 0 Å². The van der Waals surface area contributed by atoms with E-state index in [1.54, 1.807) is 6.92 Å². The molecule has 6 nitrogen and oxygen atoms in total. The van der Waals surface area contributed by atoms with Crippen LogP contribution in [0.1, 0.15) is 85.0 Å². The summed E-state index contributed by atoms with van der Waals surface area (Å²) in [7, 11) is 0. The van der Waals surface area contributed by atoms with Gasteiger partial charge in [-0.15, -0.1) is 0 Å². The molecule has 0 radical (unpaired) electrons. The Labute approximate surface area is 204 Å². The van der Waals surface area contributed by atoms with Gasteiger partial charge in [0, 0.05) is 10.8 Å². The van der Waals surface area contributed by atoms with E-state index in [0.717, 1.165) is 83.4 Å². The molecule has 0 amide bonds. The molecular weight excluding hydrogens is 432 g/mol. The van der Waals surface area contributed by atoms with Gasteiger partial charge in [0.2, 0.25) is 0 Å². The number of aliphatic carboxylic acids is 1. The van der Waals surface area contributed by atoms with Crippen LogP contribution < -0.4 is 0 Å². The summed E-state index contributed by atoms with van der Waals surface area (Å²) in [6.07, 6.45) is 10.9. The highest BCUT2D eigenvalue weighted by molar-refractivity contribution is 5.86. The van der Waals surface area contributed by atoms with Crippen molar-refractivity contribution in [2.75, 3.05) is 39.6 Å². The van der Waals surface area contributed by atoms with E-state index in [-0.39, 0.29) is 21.8 Å². The molecule has 4 aliphatic carbocycles. The number of carboxylic acid groups (broad SMARTS) is 1. The smallest absolute Gasteiger partial charge is 0.334 e. The van der Waals surface area contributed by atoms with Crippen LogP contribution in [0.15, 0.2) is 11.3 Å². The Morgan fingerprint density at radius 3 is 1.94 bits per heavy atom. The summed E-state index contributed by atoms with van der Waals surface area (Å²) >= 11 is 0. The highest BCUT2D eigenvalue weighted by Gasteiger charge is 2.61. The zero-order valence-electron chi connectivity index (χ0n) is 21.5. The van der Waals surface area contributed by atoms with E-state index in [2.05, 4.69) is 13.8 Å². The fourth-order valence-electron chi connectivity index (χ4n) is 8.34. The lowest BCUT2D eigenvalue weighted by molar-refractivity contribution is -0.235. The lowest BCUT2D eigenvalue weighted by atomic mass is 9.47. The molecule has 2 heterocycles. The van der Waals surface area contributed by atoms with Gasteiger partial charge in [0.1, 0.15) is 5.76 Å². The summed E-state index contributed by atoms with van der Waals surface area (Å²) in [6, 6.07) is 0. The average Bonchev–Trinajstić information content (AvgIpc) is 2.72. The van der Waals surface area contributed by atoms with Gasteiger partial charge in [-0.05, 0) is 70.1 Å². The molecule has 2 aliphatic heterocycles. The number of rotatable bonds is 12. The number of carboxylic acids is 1. The lowest BCUT2D eigenvalue weighted by Gasteiger charge is -2.62. The quantitative estimate of drug-likeness (QED) is 0.302. The molecule has 6 rings (SSSR count). The van der Waals surface area contributed by atoms with Crippen molar-refractivity contribution < 1.29 is 28.8 Å². The van der Waals surface area contributed by atoms with Crippen molar-refractivity contribution in [2.24, 2.45) is 28.1 Å². The Kier molecular flexibility index (Phi) is 6.56. The van der Waals surface area contributed by atoms with Crippen molar-refractivity contribution in [3.05, 3.63) is 11.3 Å². The summed E-state index contributed by atoms with van der Waals surface area (Å²) < 4.78 is 24.7. The second-order valence-corrected chi connectivity index (χ2v) is 12.7. The highest BCUT2D eigenvalue weighted by atomic mass is 16.5. The van der Waals surface area contributed by atoms with Crippen molar-refractivity contribution in [3.63, 3.8) is 0 Å². The minimum atomic E-state index is -0.858. The number of ether oxygens (including phenoxy) is 4. The zero-order chi connectivity index (χ0) is 24.0. The van der Waals surface area contributed by atoms with E-state index < -0.39 is 5.97 Å². The number of carbonyl (C=O) groups is 1. The lowest BCUT2D eigenvalue weighted by Crippen LogP contribution is -2.59. The van der Waals surface area contributed by atoms with Gasteiger partial charge >= 0.3 is 5.97 Å². The topological polar surface area (TPSA) is 74.2 Å². The van der Waals surface area contributed by atoms with Crippen LogP contribution in [-0.4, -0.2) is 56.3 Å². The molecule has 2 saturated heterocycles. The first kappa shape index (κ1) is 24.6. The molecule has 0 aromatic carbocycles. The van der Waals surface area contributed by atoms with E-state index >= 15 is 0 Å². The molecule has 34 heavy (non-hydrogen) atoms. The van der Waals surface area contributed by atoms with Gasteiger partial charge in [0.15, 0.2) is 0 Å². The summed E-state index contributed by atoms with van der Waals surface area (Å²) in [5, 5.41) is 10.0. The minimum absolute atomic E-state index is 0.0338. The number of allylic oxidation sites excluding steroid dienone is 1. The number of hydrogen-bond acceptors (Lipinski definition) is 5. The Bertz CT molecular complexity index is 794. The second-order valence-electron chi connectivity index (χ2n) is 12.7. The molecule has 1 N–H and O–H groups in total. The summed E-state index contributed by atoms with van der Waals surface area (Å²) in [6.45, 7) is 10.6. The van der Waals surface area contributed by atoms with Crippen LogP contribution in [-0.2, 0) is 23.7 Å². The molecule has 2 unspecified atom stereocenters. The fourth-order valence-corrected chi connectivity index (χ4v) is 8.34. The van der Waals surface area contributed by atoms with Gasteiger partial charge in [0.25, 0.3) is 0 Å². The van der Waals surface area contributed by atoms with Crippen molar-refractivity contribution in [3.8, 4) is 0 Å². The predicted molar refractivity (Wildman–Crippen MR) is 128 cm³/mol. The molecule has 0 aromatic rings. The molecule has 4 bridgehead atoms. The first-order valence-corrected chi connectivity index (χ1v) is 13.6. The van der Waals surface area contributed by atoms with Crippen molar-refractivity contribution in [2.45, 2.75) is 90.6 Å². The minimum Gasteiger partial charge on any atom is -0.496 e. The Hall–Kier alpha value is -1.11. The highest BCUT2D eigenvalue weighted by Crippen LogP contribution is 2.66. The van der Waals surface area contributed by atoms with Crippen LogP contribution in [0.5, 0.6) is 0 Å². The molecule has 6 fully saturated rings. The molecule has 6 heteroatoms. The Morgan fingerprint density at radius 1 is 0.912 bits per heavy atom. The molecule has 0 aromatic heterocycles. The van der Waals surface area contributed by atoms with Gasteiger partial charge in [-0.3, -0.25) is 0 Å². The van der Waals surface area contributed by atoms with E-state index in [1.165, 1.54) is 6.42 Å². The molecular formula is C28H44O6. The summed E-state index contributed by atoms with van der Waals surface area (Å²) in [5.74, 6) is 1.08. The standard InChI is InChI=1S/C28H44O6/c1-4-6-25(14-31-15-25)18-33-23(20(3)24(29)30)27-9-21-8-22(10-27)12-28(11-21,13-27)34-19-26(7-5-2)16-32-17-26/h21-22H,4-19H2,1-3H3,(H,29,30). The molecule has 6 aliphatic rings. The van der Waals surface area contributed by atoms with Gasteiger partial charge in [-0.2, -0.15) is 0 Å². The van der Waals surface area contributed by atoms with Gasteiger partial charge in [-0.25, -0.2) is 4.79 Å². The first-order valence-electron chi connectivity index (χ1n) is 13.6. The Balaban J connectivity index is 1.39. The second kappa shape index (κ2) is 9.08.